The van der Waals surface area contributed by atoms with Crippen molar-refractivity contribution in [2.45, 2.75) is 49.8 Å². The fourth-order valence-corrected chi connectivity index (χ4v) is 5.32. The van der Waals surface area contributed by atoms with Gasteiger partial charge in [0.1, 0.15) is 4.21 Å². The van der Waals surface area contributed by atoms with E-state index in [1.807, 2.05) is 13.1 Å². The highest BCUT2D eigenvalue weighted by Crippen LogP contribution is 2.30. The molecule has 120 valence electrons. The lowest BCUT2D eigenvalue weighted by Gasteiger charge is -2.25. The molecule has 0 aliphatic heterocycles. The van der Waals surface area contributed by atoms with Crippen molar-refractivity contribution in [3.8, 4) is 0 Å². The summed E-state index contributed by atoms with van der Waals surface area (Å²) in [6, 6.07) is 3.57. The highest BCUT2D eigenvalue weighted by molar-refractivity contribution is 7.91. The zero-order chi connectivity index (χ0) is 15.3. The van der Waals surface area contributed by atoms with E-state index in [0.717, 1.165) is 17.2 Å². The Morgan fingerprint density at radius 2 is 1.95 bits per heavy atom. The van der Waals surface area contributed by atoms with Gasteiger partial charge in [-0.3, -0.25) is 0 Å². The molecule has 0 bridgehead atoms. The van der Waals surface area contributed by atoms with Crippen molar-refractivity contribution in [3.05, 3.63) is 17.0 Å². The summed E-state index contributed by atoms with van der Waals surface area (Å²) in [5.41, 5.74) is 0. The number of nitrogens with one attached hydrogen (secondary N) is 2. The van der Waals surface area contributed by atoms with Gasteiger partial charge in [-0.15, -0.1) is 11.3 Å². The van der Waals surface area contributed by atoms with Crippen LogP contribution in [0.1, 0.15) is 43.9 Å². The molecule has 0 atom stereocenters. The van der Waals surface area contributed by atoms with Crippen LogP contribution in [-0.2, 0) is 16.6 Å². The summed E-state index contributed by atoms with van der Waals surface area (Å²) in [6.45, 7) is 3.57. The van der Waals surface area contributed by atoms with Gasteiger partial charge >= 0.3 is 0 Å². The molecule has 4 nitrogen and oxygen atoms in total. The quantitative estimate of drug-likeness (QED) is 0.808. The predicted molar refractivity (Wildman–Crippen MR) is 88.0 cm³/mol. The van der Waals surface area contributed by atoms with Crippen LogP contribution in [0.3, 0.4) is 0 Å². The van der Waals surface area contributed by atoms with Crippen LogP contribution in [0, 0.1) is 11.8 Å². The Balaban J connectivity index is 1.80. The van der Waals surface area contributed by atoms with Crippen molar-refractivity contribution in [1.82, 2.24) is 10.0 Å². The molecule has 1 aromatic heterocycles. The highest BCUT2D eigenvalue weighted by atomic mass is 32.2. The molecule has 1 aliphatic carbocycles. The van der Waals surface area contributed by atoms with Crippen LogP contribution in [0.2, 0.25) is 0 Å². The maximum absolute atomic E-state index is 12.2. The summed E-state index contributed by atoms with van der Waals surface area (Å²) in [4.78, 5) is 1.04. The number of rotatable bonds is 7. The lowest BCUT2D eigenvalue weighted by molar-refractivity contribution is 0.278. The van der Waals surface area contributed by atoms with Crippen LogP contribution in [0.5, 0.6) is 0 Å². The molecule has 0 spiro atoms. The summed E-state index contributed by atoms with van der Waals surface area (Å²) < 4.78 is 27.6. The third-order valence-corrected chi connectivity index (χ3v) is 7.27. The molecule has 2 rings (SSSR count). The third kappa shape index (κ3) is 5.06. The predicted octanol–water partition coefficient (Wildman–Crippen LogP) is 2.96. The molecule has 1 saturated carbocycles. The molecule has 2 N–H and O–H groups in total. The Kier molecular flexibility index (Phi) is 6.22. The van der Waals surface area contributed by atoms with E-state index in [9.17, 15) is 8.42 Å². The Hall–Kier alpha value is -0.430. The van der Waals surface area contributed by atoms with Crippen molar-refractivity contribution < 1.29 is 8.42 Å². The lowest BCUT2D eigenvalue weighted by atomic mass is 9.81. The summed E-state index contributed by atoms with van der Waals surface area (Å²) in [5, 5.41) is 3.03. The standard InChI is InChI=1S/C15H26N2O2S2/c1-12-3-5-13(6-4-12)9-10-17-21(18,19)15-8-7-14(20-15)11-16-2/h7-8,12-13,16-17H,3-6,9-11H2,1-2H3. The molecule has 0 amide bonds. The molecule has 1 heterocycles. The molecular formula is C15H26N2O2S2. The third-order valence-electron chi connectivity index (χ3n) is 4.23. The van der Waals surface area contributed by atoms with Crippen molar-refractivity contribution >= 4 is 21.4 Å². The van der Waals surface area contributed by atoms with E-state index < -0.39 is 10.0 Å². The first kappa shape index (κ1) is 16.9. The smallest absolute Gasteiger partial charge is 0.250 e. The molecule has 0 unspecified atom stereocenters. The monoisotopic (exact) mass is 330 g/mol. The second-order valence-corrected chi connectivity index (χ2v) is 9.23. The minimum Gasteiger partial charge on any atom is -0.315 e. The molecule has 0 aromatic carbocycles. The van der Waals surface area contributed by atoms with E-state index in [0.29, 0.717) is 23.2 Å². The Morgan fingerprint density at radius 3 is 2.62 bits per heavy atom. The van der Waals surface area contributed by atoms with Gasteiger partial charge in [0.2, 0.25) is 10.0 Å². The molecule has 0 radical (unpaired) electrons. The molecule has 1 aromatic rings. The summed E-state index contributed by atoms with van der Waals surface area (Å²) in [7, 11) is -1.47. The zero-order valence-electron chi connectivity index (χ0n) is 12.9. The van der Waals surface area contributed by atoms with E-state index in [4.69, 9.17) is 0 Å². The minimum atomic E-state index is -3.33. The lowest BCUT2D eigenvalue weighted by Crippen LogP contribution is -2.26. The van der Waals surface area contributed by atoms with Crippen molar-refractivity contribution in [3.63, 3.8) is 0 Å². The topological polar surface area (TPSA) is 58.2 Å². The number of sulfonamides is 1. The van der Waals surface area contributed by atoms with Gasteiger partial charge in [-0.2, -0.15) is 0 Å². The molecule has 21 heavy (non-hydrogen) atoms. The second-order valence-electron chi connectivity index (χ2n) is 6.06. The number of hydrogen-bond acceptors (Lipinski definition) is 4. The van der Waals surface area contributed by atoms with Gasteiger partial charge in [0.15, 0.2) is 0 Å². The Morgan fingerprint density at radius 1 is 1.24 bits per heavy atom. The average Bonchev–Trinajstić information content (AvgIpc) is 2.91. The van der Waals surface area contributed by atoms with Crippen LogP contribution < -0.4 is 10.0 Å². The highest BCUT2D eigenvalue weighted by Gasteiger charge is 2.20. The average molecular weight is 331 g/mol. The van der Waals surface area contributed by atoms with Gasteiger partial charge in [0.05, 0.1) is 0 Å². The largest absolute Gasteiger partial charge is 0.315 e. The first-order valence-corrected chi connectivity index (χ1v) is 10.0. The van der Waals surface area contributed by atoms with Crippen molar-refractivity contribution in [1.29, 1.82) is 0 Å². The maximum Gasteiger partial charge on any atom is 0.250 e. The Labute approximate surface area is 132 Å². The Bertz CT molecular complexity index is 532. The molecule has 1 fully saturated rings. The number of hydrogen-bond donors (Lipinski definition) is 2. The van der Waals surface area contributed by atoms with Gasteiger partial charge in [-0.1, -0.05) is 32.6 Å². The van der Waals surface area contributed by atoms with Crippen LogP contribution in [0.25, 0.3) is 0 Å². The van der Waals surface area contributed by atoms with Gasteiger partial charge in [-0.05, 0) is 37.4 Å². The molecule has 0 saturated heterocycles. The van der Waals surface area contributed by atoms with Gasteiger partial charge in [0.25, 0.3) is 0 Å². The zero-order valence-corrected chi connectivity index (χ0v) is 14.5. The van der Waals surface area contributed by atoms with Crippen LogP contribution >= 0.6 is 11.3 Å². The van der Waals surface area contributed by atoms with E-state index in [-0.39, 0.29) is 0 Å². The van der Waals surface area contributed by atoms with Gasteiger partial charge in [-0.25, -0.2) is 13.1 Å². The molecular weight excluding hydrogens is 304 g/mol. The molecule has 1 aliphatic rings. The van der Waals surface area contributed by atoms with Gasteiger partial charge in [0, 0.05) is 18.0 Å². The summed E-state index contributed by atoms with van der Waals surface area (Å²) >= 11 is 1.34. The maximum atomic E-state index is 12.2. The van der Waals surface area contributed by atoms with E-state index >= 15 is 0 Å². The number of thiophene rings is 1. The summed E-state index contributed by atoms with van der Waals surface area (Å²) in [6.07, 6.45) is 6.02. The SMILES string of the molecule is CNCc1ccc(S(=O)(=O)NCCC2CCC(C)CC2)s1. The molecule has 6 heteroatoms. The summed E-state index contributed by atoms with van der Waals surface area (Å²) in [5.74, 6) is 1.53. The van der Waals surface area contributed by atoms with E-state index in [1.165, 1.54) is 37.0 Å². The van der Waals surface area contributed by atoms with Crippen LogP contribution in [0.4, 0.5) is 0 Å². The first-order chi connectivity index (χ1) is 10.0. The van der Waals surface area contributed by atoms with Gasteiger partial charge < -0.3 is 5.32 Å². The van der Waals surface area contributed by atoms with Crippen molar-refractivity contribution in [2.24, 2.45) is 11.8 Å². The first-order valence-electron chi connectivity index (χ1n) is 7.74. The van der Waals surface area contributed by atoms with Crippen LogP contribution in [0.15, 0.2) is 16.3 Å². The minimum absolute atomic E-state index is 0.421. The van der Waals surface area contributed by atoms with Crippen molar-refractivity contribution in [2.75, 3.05) is 13.6 Å². The van der Waals surface area contributed by atoms with Crippen LogP contribution in [-0.4, -0.2) is 22.0 Å². The second kappa shape index (κ2) is 7.72. The van der Waals surface area contributed by atoms with E-state index in [1.54, 1.807) is 6.07 Å². The van der Waals surface area contributed by atoms with E-state index in [2.05, 4.69) is 17.0 Å². The fraction of sp³-hybridized carbons (Fsp3) is 0.733. The normalized spacial score (nSPS) is 23.3. The fourth-order valence-electron chi connectivity index (χ4n) is 2.86.